The number of piperidine rings is 1. The lowest BCUT2D eigenvalue weighted by atomic mass is 9.95. The molecule has 4 heteroatoms. The third-order valence-corrected chi connectivity index (χ3v) is 5.75. The summed E-state index contributed by atoms with van der Waals surface area (Å²) in [6, 6.07) is 0.699. The van der Waals surface area contributed by atoms with Gasteiger partial charge in [-0.15, -0.1) is 0 Å². The molecule has 0 radical (unpaired) electrons. The fraction of sp³-hybridized carbons (Fsp3) is 0.929. The summed E-state index contributed by atoms with van der Waals surface area (Å²) in [6.45, 7) is 5.72. The van der Waals surface area contributed by atoms with Crippen LogP contribution in [0.4, 0.5) is 0 Å². The van der Waals surface area contributed by atoms with Gasteiger partial charge in [-0.2, -0.15) is 11.8 Å². The number of rotatable bonds is 2. The Morgan fingerprint density at radius 2 is 2.33 bits per heavy atom. The molecule has 3 aliphatic rings. The zero-order chi connectivity index (χ0) is 12.4. The third-order valence-electron chi connectivity index (χ3n) is 4.47. The molecule has 102 valence electrons. The molecule has 1 N–H and O–H groups in total. The van der Waals surface area contributed by atoms with Crippen LogP contribution in [0.1, 0.15) is 32.6 Å². The highest BCUT2D eigenvalue weighted by molar-refractivity contribution is 7.99. The Morgan fingerprint density at radius 3 is 3.17 bits per heavy atom. The van der Waals surface area contributed by atoms with Crippen molar-refractivity contribution in [2.24, 2.45) is 16.8 Å². The van der Waals surface area contributed by atoms with Gasteiger partial charge in [0.05, 0.1) is 12.6 Å². The van der Waals surface area contributed by atoms with Crippen LogP contribution >= 0.6 is 11.8 Å². The second-order valence-electron chi connectivity index (χ2n) is 6.12. The fourth-order valence-corrected chi connectivity index (χ4v) is 4.46. The zero-order valence-electron chi connectivity index (χ0n) is 11.4. The molecule has 0 bridgehead atoms. The van der Waals surface area contributed by atoms with Gasteiger partial charge < -0.3 is 10.2 Å². The van der Waals surface area contributed by atoms with Gasteiger partial charge in [0.2, 0.25) is 0 Å². The summed E-state index contributed by atoms with van der Waals surface area (Å²) in [5.41, 5.74) is 0. The highest BCUT2D eigenvalue weighted by atomic mass is 32.2. The van der Waals surface area contributed by atoms with Gasteiger partial charge in [0.15, 0.2) is 5.96 Å². The average molecular weight is 267 g/mol. The Hall–Kier alpha value is -0.380. The number of aliphatic imine (C=N–C) groups is 1. The molecule has 3 rings (SSSR count). The molecule has 3 unspecified atom stereocenters. The molecule has 2 saturated heterocycles. The fourth-order valence-electron chi connectivity index (χ4n) is 3.30. The van der Waals surface area contributed by atoms with Crippen LogP contribution in [0, 0.1) is 11.8 Å². The normalized spacial score (nSPS) is 36.2. The molecule has 0 saturated carbocycles. The second kappa shape index (κ2) is 5.72. The molecule has 0 aromatic rings. The van der Waals surface area contributed by atoms with E-state index in [1.54, 1.807) is 0 Å². The van der Waals surface area contributed by atoms with E-state index in [4.69, 9.17) is 4.99 Å². The lowest BCUT2D eigenvalue weighted by molar-refractivity contribution is 0.210. The van der Waals surface area contributed by atoms with E-state index in [0.717, 1.165) is 24.9 Å². The number of fused-ring (bicyclic) bond motifs is 1. The molecule has 0 aliphatic carbocycles. The minimum absolute atomic E-state index is 0.699. The van der Waals surface area contributed by atoms with Gasteiger partial charge in [-0.25, -0.2) is 0 Å². The largest absolute Gasteiger partial charge is 0.356 e. The quantitative estimate of drug-likeness (QED) is 0.831. The van der Waals surface area contributed by atoms with Gasteiger partial charge in [0.25, 0.3) is 0 Å². The molecule has 3 heterocycles. The molecule has 18 heavy (non-hydrogen) atoms. The van der Waals surface area contributed by atoms with E-state index in [2.05, 4.69) is 28.9 Å². The van der Waals surface area contributed by atoms with E-state index in [0.29, 0.717) is 6.04 Å². The van der Waals surface area contributed by atoms with Crippen LogP contribution in [0.15, 0.2) is 4.99 Å². The zero-order valence-corrected chi connectivity index (χ0v) is 12.2. The molecule has 0 amide bonds. The molecule has 0 spiro atoms. The summed E-state index contributed by atoms with van der Waals surface area (Å²) in [7, 11) is 0. The van der Waals surface area contributed by atoms with Gasteiger partial charge in [-0.1, -0.05) is 6.92 Å². The molecule has 3 aliphatic heterocycles. The maximum atomic E-state index is 4.72. The molecule has 0 aromatic carbocycles. The lowest BCUT2D eigenvalue weighted by Gasteiger charge is -2.36. The smallest absolute Gasteiger partial charge is 0.194 e. The topological polar surface area (TPSA) is 27.6 Å². The summed E-state index contributed by atoms with van der Waals surface area (Å²) in [6.07, 6.45) is 5.50. The van der Waals surface area contributed by atoms with Crippen molar-refractivity contribution in [2.75, 3.05) is 31.1 Å². The average Bonchev–Trinajstić information content (AvgIpc) is 2.80. The van der Waals surface area contributed by atoms with Crippen LogP contribution in [-0.4, -0.2) is 48.0 Å². The maximum absolute atomic E-state index is 4.72. The molecular formula is C14H25N3S. The highest BCUT2D eigenvalue weighted by Gasteiger charge is 2.32. The van der Waals surface area contributed by atoms with Crippen molar-refractivity contribution in [3.8, 4) is 0 Å². The van der Waals surface area contributed by atoms with E-state index in [1.807, 2.05) is 0 Å². The number of hydrogen-bond donors (Lipinski definition) is 1. The highest BCUT2D eigenvalue weighted by Crippen LogP contribution is 2.26. The van der Waals surface area contributed by atoms with Crippen LogP contribution in [0.2, 0.25) is 0 Å². The van der Waals surface area contributed by atoms with Crippen molar-refractivity contribution in [2.45, 2.75) is 38.6 Å². The Kier molecular flexibility index (Phi) is 4.02. The number of thioether (sulfide) groups is 1. The van der Waals surface area contributed by atoms with Crippen molar-refractivity contribution in [1.29, 1.82) is 0 Å². The summed E-state index contributed by atoms with van der Waals surface area (Å²) in [5, 5.41) is 3.63. The number of guanidine groups is 1. The Morgan fingerprint density at radius 1 is 1.39 bits per heavy atom. The van der Waals surface area contributed by atoms with Crippen molar-refractivity contribution in [3.63, 3.8) is 0 Å². The van der Waals surface area contributed by atoms with E-state index >= 15 is 0 Å². The standard InChI is InChI=1S/C14H25N3S/c1-11-4-5-13-8-16-14(17(13)9-11)15-7-12-3-2-6-18-10-12/h11-13H,2-10H2,1H3,(H,15,16). The summed E-state index contributed by atoms with van der Waals surface area (Å²) < 4.78 is 0. The number of hydrogen-bond acceptors (Lipinski definition) is 4. The van der Waals surface area contributed by atoms with Crippen LogP contribution in [-0.2, 0) is 0 Å². The van der Waals surface area contributed by atoms with Crippen molar-refractivity contribution in [3.05, 3.63) is 0 Å². The number of nitrogens with zero attached hydrogens (tertiary/aromatic N) is 2. The van der Waals surface area contributed by atoms with E-state index in [9.17, 15) is 0 Å². The van der Waals surface area contributed by atoms with Crippen LogP contribution in [0.3, 0.4) is 0 Å². The Bertz CT molecular complexity index is 312. The SMILES string of the molecule is CC1CCC2CN=C(NCC3CCCSC3)N2C1. The first-order chi connectivity index (χ1) is 8.83. The van der Waals surface area contributed by atoms with E-state index < -0.39 is 0 Å². The van der Waals surface area contributed by atoms with Crippen molar-refractivity contribution >= 4 is 17.7 Å². The first-order valence-corrected chi connectivity index (χ1v) is 8.61. The Labute approximate surface area is 115 Å². The van der Waals surface area contributed by atoms with Gasteiger partial charge >= 0.3 is 0 Å². The monoisotopic (exact) mass is 267 g/mol. The minimum Gasteiger partial charge on any atom is -0.356 e. The van der Waals surface area contributed by atoms with Crippen LogP contribution < -0.4 is 5.32 Å². The van der Waals surface area contributed by atoms with Gasteiger partial charge in [0.1, 0.15) is 0 Å². The van der Waals surface area contributed by atoms with E-state index in [1.165, 1.54) is 49.7 Å². The van der Waals surface area contributed by atoms with Crippen LogP contribution in [0.5, 0.6) is 0 Å². The van der Waals surface area contributed by atoms with Gasteiger partial charge in [-0.05, 0) is 49.0 Å². The first kappa shape index (κ1) is 12.6. The molecule has 2 fully saturated rings. The van der Waals surface area contributed by atoms with Gasteiger partial charge in [0, 0.05) is 13.1 Å². The Balaban J connectivity index is 1.50. The molecule has 3 nitrogen and oxygen atoms in total. The van der Waals surface area contributed by atoms with Gasteiger partial charge in [-0.3, -0.25) is 4.99 Å². The number of nitrogens with one attached hydrogen (secondary N) is 1. The first-order valence-electron chi connectivity index (χ1n) is 7.45. The predicted molar refractivity (Wildman–Crippen MR) is 79.2 cm³/mol. The summed E-state index contributed by atoms with van der Waals surface area (Å²) in [4.78, 5) is 7.26. The lowest BCUT2D eigenvalue weighted by Crippen LogP contribution is -2.49. The summed E-state index contributed by atoms with van der Waals surface area (Å²) in [5.74, 6) is 5.58. The molecule has 3 atom stereocenters. The second-order valence-corrected chi connectivity index (χ2v) is 7.27. The predicted octanol–water partition coefficient (Wildman–Crippen LogP) is 2.19. The summed E-state index contributed by atoms with van der Waals surface area (Å²) >= 11 is 2.12. The third kappa shape index (κ3) is 2.79. The van der Waals surface area contributed by atoms with Crippen molar-refractivity contribution < 1.29 is 0 Å². The van der Waals surface area contributed by atoms with E-state index in [-0.39, 0.29) is 0 Å². The minimum atomic E-state index is 0.699. The van der Waals surface area contributed by atoms with Crippen molar-refractivity contribution in [1.82, 2.24) is 10.2 Å². The van der Waals surface area contributed by atoms with Crippen LogP contribution in [0.25, 0.3) is 0 Å². The molecular weight excluding hydrogens is 242 g/mol. The maximum Gasteiger partial charge on any atom is 0.194 e. The molecule has 0 aromatic heterocycles.